The molecule has 0 radical (unpaired) electrons. The quantitative estimate of drug-likeness (QED) is 0.810. The fraction of sp³-hybridized carbons (Fsp3) is 0.438. The Morgan fingerprint density at radius 3 is 2.83 bits per heavy atom. The van der Waals surface area contributed by atoms with Crippen LogP contribution in [-0.4, -0.2) is 38.4 Å². The highest BCUT2D eigenvalue weighted by Gasteiger charge is 2.42. The van der Waals surface area contributed by atoms with E-state index >= 15 is 0 Å². The molecule has 1 unspecified atom stereocenters. The number of aromatic nitrogens is 3. The molecule has 2 aromatic rings. The zero-order valence-electron chi connectivity index (χ0n) is 13.0. The van der Waals surface area contributed by atoms with Gasteiger partial charge in [-0.2, -0.15) is 5.10 Å². The summed E-state index contributed by atoms with van der Waals surface area (Å²) in [5, 5.41) is 6.84. The highest BCUT2D eigenvalue weighted by Crippen LogP contribution is 2.31. The number of nitrogens with one attached hydrogen (secondary N) is 1. The molecule has 8 heteroatoms. The third-order valence-electron chi connectivity index (χ3n) is 4.71. The van der Waals surface area contributed by atoms with Gasteiger partial charge in [0, 0.05) is 24.7 Å². The molecule has 2 aliphatic rings. The van der Waals surface area contributed by atoms with Gasteiger partial charge in [-0.1, -0.05) is 23.7 Å². The van der Waals surface area contributed by atoms with Gasteiger partial charge in [-0.05, 0) is 24.1 Å². The van der Waals surface area contributed by atoms with Gasteiger partial charge >= 0.3 is 11.1 Å². The van der Waals surface area contributed by atoms with Gasteiger partial charge in [-0.3, -0.25) is 19.1 Å². The summed E-state index contributed by atoms with van der Waals surface area (Å²) in [4.78, 5) is 25.9. The maximum atomic E-state index is 12.1. The Kier molecular flexibility index (Phi) is 3.79. The third kappa shape index (κ3) is 2.79. The largest absolute Gasteiger partial charge is 0.364 e. The first-order chi connectivity index (χ1) is 11.5. The van der Waals surface area contributed by atoms with E-state index in [1.165, 1.54) is 10.1 Å². The Bertz CT molecular complexity index is 876. The molecule has 1 atom stereocenters. The fourth-order valence-electron chi connectivity index (χ4n) is 3.45. The number of nitrogens with zero attached hydrogens (tertiary/aromatic N) is 3. The van der Waals surface area contributed by atoms with Crippen molar-refractivity contribution in [2.45, 2.75) is 31.7 Å². The van der Waals surface area contributed by atoms with Crippen LogP contribution in [0.5, 0.6) is 0 Å². The molecule has 2 aliphatic heterocycles. The summed E-state index contributed by atoms with van der Waals surface area (Å²) in [6, 6.07) is 7.79. The van der Waals surface area contributed by atoms with E-state index in [9.17, 15) is 9.59 Å². The molecule has 3 heterocycles. The van der Waals surface area contributed by atoms with Crippen LogP contribution in [0.15, 0.2) is 33.9 Å². The predicted octanol–water partition coefficient (Wildman–Crippen LogP) is 0.760. The number of benzene rings is 1. The number of H-pyrrole nitrogens is 1. The Morgan fingerprint density at radius 1 is 1.25 bits per heavy atom. The lowest BCUT2D eigenvalue weighted by atomic mass is 10.0. The minimum absolute atomic E-state index is 0.237. The van der Waals surface area contributed by atoms with E-state index in [0.29, 0.717) is 18.9 Å². The van der Waals surface area contributed by atoms with Crippen molar-refractivity contribution in [3.63, 3.8) is 0 Å². The van der Waals surface area contributed by atoms with E-state index in [4.69, 9.17) is 16.3 Å². The molecule has 0 amide bonds. The summed E-state index contributed by atoms with van der Waals surface area (Å²) in [7, 11) is 0. The molecule has 1 spiro atoms. The van der Waals surface area contributed by atoms with Crippen LogP contribution in [0.2, 0.25) is 5.02 Å². The number of hydrogen-bond donors (Lipinski definition) is 1. The summed E-state index contributed by atoms with van der Waals surface area (Å²) in [5.74, 6) is 0.473. The second-order valence-electron chi connectivity index (χ2n) is 6.42. The van der Waals surface area contributed by atoms with Gasteiger partial charge in [0.15, 0.2) is 5.82 Å². The average Bonchev–Trinajstić information content (AvgIpc) is 2.96. The summed E-state index contributed by atoms with van der Waals surface area (Å²) in [6.07, 6.45) is 0.819. The molecule has 7 nitrogen and oxygen atoms in total. The smallest absolute Gasteiger partial charge is 0.330 e. The SMILES string of the molecule is O=c1[nH]nc2n(c1=O)CC1(CCN(Cc3ccc(Cl)cc3)C1)OC2. The first-order valence-corrected chi connectivity index (χ1v) is 8.22. The topological polar surface area (TPSA) is 80.2 Å². The van der Waals surface area contributed by atoms with Crippen molar-refractivity contribution in [1.82, 2.24) is 19.7 Å². The number of halogens is 1. The minimum Gasteiger partial charge on any atom is -0.364 e. The van der Waals surface area contributed by atoms with Crippen LogP contribution < -0.4 is 11.1 Å². The van der Waals surface area contributed by atoms with Crippen LogP contribution in [0.25, 0.3) is 0 Å². The lowest BCUT2D eigenvalue weighted by Crippen LogP contribution is -2.51. The van der Waals surface area contributed by atoms with Gasteiger partial charge in [0.2, 0.25) is 0 Å². The molecule has 1 aromatic heterocycles. The van der Waals surface area contributed by atoms with Crippen LogP contribution in [0.4, 0.5) is 0 Å². The van der Waals surface area contributed by atoms with Crippen LogP contribution >= 0.6 is 11.6 Å². The third-order valence-corrected chi connectivity index (χ3v) is 4.96. The molecule has 1 saturated heterocycles. The van der Waals surface area contributed by atoms with Crippen LogP contribution in [0, 0.1) is 0 Å². The Hall–Kier alpha value is -1.96. The summed E-state index contributed by atoms with van der Waals surface area (Å²) >= 11 is 5.92. The summed E-state index contributed by atoms with van der Waals surface area (Å²) in [6.45, 7) is 3.01. The number of hydrogen-bond acceptors (Lipinski definition) is 5. The maximum absolute atomic E-state index is 12.1. The molecule has 0 aliphatic carbocycles. The molecular weight excluding hydrogens is 332 g/mol. The van der Waals surface area contributed by atoms with Crippen molar-refractivity contribution < 1.29 is 4.74 Å². The van der Waals surface area contributed by atoms with Crippen LogP contribution in [0.3, 0.4) is 0 Å². The van der Waals surface area contributed by atoms with Gasteiger partial charge in [-0.15, -0.1) is 0 Å². The van der Waals surface area contributed by atoms with E-state index in [2.05, 4.69) is 15.1 Å². The lowest BCUT2D eigenvalue weighted by Gasteiger charge is -2.34. The van der Waals surface area contributed by atoms with Crippen LogP contribution in [-0.2, 0) is 24.4 Å². The maximum Gasteiger partial charge on any atom is 0.330 e. The zero-order valence-corrected chi connectivity index (χ0v) is 13.8. The van der Waals surface area contributed by atoms with Gasteiger partial charge in [-0.25, -0.2) is 5.10 Å². The van der Waals surface area contributed by atoms with Crippen molar-refractivity contribution >= 4 is 11.6 Å². The molecule has 24 heavy (non-hydrogen) atoms. The van der Waals surface area contributed by atoms with Crippen molar-refractivity contribution in [3.05, 3.63) is 61.4 Å². The molecule has 0 saturated carbocycles. The first kappa shape index (κ1) is 15.6. The summed E-state index contributed by atoms with van der Waals surface area (Å²) in [5.41, 5.74) is -0.493. The number of likely N-dealkylation sites (tertiary alicyclic amines) is 1. The molecule has 1 aromatic carbocycles. The average molecular weight is 349 g/mol. The monoisotopic (exact) mass is 348 g/mol. The second kappa shape index (κ2) is 5.84. The number of aromatic amines is 1. The predicted molar refractivity (Wildman–Crippen MR) is 88.0 cm³/mol. The minimum atomic E-state index is -0.688. The van der Waals surface area contributed by atoms with Crippen molar-refractivity contribution in [1.29, 1.82) is 0 Å². The second-order valence-corrected chi connectivity index (χ2v) is 6.86. The zero-order chi connectivity index (χ0) is 16.7. The van der Waals surface area contributed by atoms with E-state index < -0.39 is 16.7 Å². The Morgan fingerprint density at radius 2 is 2.04 bits per heavy atom. The van der Waals surface area contributed by atoms with Crippen LogP contribution in [0.1, 0.15) is 17.8 Å². The van der Waals surface area contributed by atoms with E-state index in [-0.39, 0.29) is 6.61 Å². The molecule has 0 bridgehead atoms. The van der Waals surface area contributed by atoms with Gasteiger partial charge in [0.1, 0.15) is 12.2 Å². The van der Waals surface area contributed by atoms with Crippen molar-refractivity contribution in [3.8, 4) is 0 Å². The molecule has 1 fully saturated rings. The number of ether oxygens (including phenoxy) is 1. The number of fused-ring (bicyclic) bond motifs is 1. The Labute approximate surface area is 142 Å². The standard InChI is InChI=1S/C16H17ClN4O3/c17-12-3-1-11(2-4-12)7-20-6-5-16(9-20)10-21-13(8-24-16)18-19-14(22)15(21)23/h1-4H,5-10H2,(H,19,22). The molecular formula is C16H17ClN4O3. The fourth-order valence-corrected chi connectivity index (χ4v) is 3.57. The van der Waals surface area contributed by atoms with E-state index in [0.717, 1.165) is 24.5 Å². The lowest BCUT2D eigenvalue weighted by molar-refractivity contribution is -0.0853. The molecule has 4 rings (SSSR count). The Balaban J connectivity index is 1.52. The van der Waals surface area contributed by atoms with Gasteiger partial charge in [0.25, 0.3) is 0 Å². The van der Waals surface area contributed by atoms with Crippen molar-refractivity contribution in [2.75, 3.05) is 13.1 Å². The molecule has 126 valence electrons. The summed E-state index contributed by atoms with van der Waals surface area (Å²) < 4.78 is 7.48. The van der Waals surface area contributed by atoms with E-state index in [1.54, 1.807) is 0 Å². The highest BCUT2D eigenvalue weighted by atomic mass is 35.5. The normalized spacial score (nSPS) is 23.5. The van der Waals surface area contributed by atoms with E-state index in [1.807, 2.05) is 24.3 Å². The highest BCUT2D eigenvalue weighted by molar-refractivity contribution is 6.30. The number of rotatable bonds is 2. The first-order valence-electron chi connectivity index (χ1n) is 7.84. The van der Waals surface area contributed by atoms with Crippen molar-refractivity contribution in [2.24, 2.45) is 0 Å². The molecule has 1 N–H and O–H groups in total. The van der Waals surface area contributed by atoms with Gasteiger partial charge < -0.3 is 4.74 Å². The van der Waals surface area contributed by atoms with Gasteiger partial charge in [0.05, 0.1) is 6.54 Å².